The van der Waals surface area contributed by atoms with Gasteiger partial charge in [-0.2, -0.15) is 4.91 Å². The Morgan fingerprint density at radius 3 is 2.75 bits per heavy atom. The molecule has 3 nitrogen and oxygen atoms in total. The molecule has 0 amide bonds. The Balaban J connectivity index is 1.32. The molecular formula is C25H32N2O. The molecule has 4 saturated carbocycles. The lowest BCUT2D eigenvalue weighted by atomic mass is 9.43. The lowest BCUT2D eigenvalue weighted by Gasteiger charge is -2.61. The second kappa shape index (κ2) is 5.55. The van der Waals surface area contributed by atoms with E-state index in [1.165, 1.54) is 50.5 Å². The molecule has 1 heterocycles. The van der Waals surface area contributed by atoms with E-state index >= 15 is 0 Å². The molecule has 8 atom stereocenters. The van der Waals surface area contributed by atoms with Crippen molar-refractivity contribution in [3.63, 3.8) is 0 Å². The van der Waals surface area contributed by atoms with Crippen LogP contribution in [0.1, 0.15) is 70.8 Å². The van der Waals surface area contributed by atoms with Gasteiger partial charge in [0.15, 0.2) is 0 Å². The van der Waals surface area contributed by atoms with Crippen LogP contribution in [0.15, 0.2) is 35.8 Å². The van der Waals surface area contributed by atoms with Gasteiger partial charge < -0.3 is 0 Å². The predicted octanol–water partition coefficient (Wildman–Crippen LogP) is 6.25. The third kappa shape index (κ3) is 1.94. The first-order chi connectivity index (χ1) is 13.5. The second-order valence-electron chi connectivity index (χ2n) is 11.1. The smallest absolute Gasteiger partial charge is 0.0953 e. The number of hydrogen-bond acceptors (Lipinski definition) is 3. The Labute approximate surface area is 168 Å². The van der Waals surface area contributed by atoms with Gasteiger partial charge in [-0.25, -0.2) is 0 Å². The summed E-state index contributed by atoms with van der Waals surface area (Å²) in [5.74, 6) is 3.08. The summed E-state index contributed by atoms with van der Waals surface area (Å²) in [6.45, 7) is 5.15. The van der Waals surface area contributed by atoms with Crippen molar-refractivity contribution in [1.82, 2.24) is 4.98 Å². The van der Waals surface area contributed by atoms with Crippen LogP contribution in [0.2, 0.25) is 0 Å². The van der Waals surface area contributed by atoms with Crippen LogP contribution in [0.25, 0.3) is 5.57 Å². The van der Waals surface area contributed by atoms with Gasteiger partial charge in [-0.3, -0.25) is 4.98 Å². The zero-order chi connectivity index (χ0) is 19.1. The normalized spacial score (nSPS) is 51.2. The minimum atomic E-state index is 0.115. The summed E-state index contributed by atoms with van der Waals surface area (Å²) in [6, 6.07) is 4.44. The molecule has 0 N–H and O–H groups in total. The monoisotopic (exact) mass is 376 g/mol. The van der Waals surface area contributed by atoms with Crippen LogP contribution >= 0.6 is 0 Å². The van der Waals surface area contributed by atoms with Crippen LogP contribution in [-0.2, 0) is 0 Å². The van der Waals surface area contributed by atoms with E-state index in [0.717, 1.165) is 24.2 Å². The van der Waals surface area contributed by atoms with Crippen molar-refractivity contribution >= 4 is 5.57 Å². The highest BCUT2D eigenvalue weighted by atomic mass is 16.3. The van der Waals surface area contributed by atoms with E-state index in [-0.39, 0.29) is 6.04 Å². The molecular weight excluding hydrogens is 344 g/mol. The molecule has 5 aliphatic carbocycles. The maximum atomic E-state index is 11.4. The molecule has 6 rings (SSSR count). The zero-order valence-corrected chi connectivity index (χ0v) is 17.2. The summed E-state index contributed by atoms with van der Waals surface area (Å²) < 4.78 is 0. The summed E-state index contributed by atoms with van der Waals surface area (Å²) in [5.41, 5.74) is 4.11. The van der Waals surface area contributed by atoms with Crippen LogP contribution in [0.5, 0.6) is 0 Å². The van der Waals surface area contributed by atoms with Crippen molar-refractivity contribution in [1.29, 1.82) is 0 Å². The quantitative estimate of drug-likeness (QED) is 0.572. The fourth-order valence-corrected chi connectivity index (χ4v) is 9.09. The van der Waals surface area contributed by atoms with Crippen LogP contribution in [0.4, 0.5) is 0 Å². The van der Waals surface area contributed by atoms with Gasteiger partial charge in [0, 0.05) is 12.4 Å². The maximum Gasteiger partial charge on any atom is 0.0953 e. The van der Waals surface area contributed by atoms with Crippen molar-refractivity contribution in [3.8, 4) is 0 Å². The third-order valence-corrected chi connectivity index (χ3v) is 10.6. The first-order valence-electron chi connectivity index (χ1n) is 11.5. The van der Waals surface area contributed by atoms with Crippen LogP contribution in [-0.4, -0.2) is 11.0 Å². The predicted molar refractivity (Wildman–Crippen MR) is 111 cm³/mol. The van der Waals surface area contributed by atoms with Crippen molar-refractivity contribution in [2.45, 2.75) is 71.3 Å². The van der Waals surface area contributed by atoms with Gasteiger partial charge in [0.2, 0.25) is 0 Å². The molecule has 3 heteroatoms. The molecule has 5 aliphatic rings. The lowest BCUT2D eigenvalue weighted by molar-refractivity contribution is -0.111. The van der Waals surface area contributed by atoms with E-state index in [9.17, 15) is 4.91 Å². The number of nitrogens with zero attached hydrogens (tertiary/aromatic N) is 2. The largest absolute Gasteiger partial charge is 0.264 e. The van der Waals surface area contributed by atoms with Gasteiger partial charge in [-0.15, -0.1) is 0 Å². The van der Waals surface area contributed by atoms with Gasteiger partial charge in [0.25, 0.3) is 0 Å². The molecule has 28 heavy (non-hydrogen) atoms. The first kappa shape index (κ1) is 17.4. The Morgan fingerprint density at radius 1 is 1.07 bits per heavy atom. The fourth-order valence-electron chi connectivity index (χ4n) is 9.09. The van der Waals surface area contributed by atoms with Gasteiger partial charge in [-0.1, -0.05) is 31.2 Å². The summed E-state index contributed by atoms with van der Waals surface area (Å²) in [6.07, 6.45) is 16.7. The van der Waals surface area contributed by atoms with E-state index in [1.807, 2.05) is 6.20 Å². The number of fused-ring (bicyclic) bond motifs is 4. The summed E-state index contributed by atoms with van der Waals surface area (Å²) in [4.78, 5) is 15.8. The van der Waals surface area contributed by atoms with E-state index in [2.05, 4.69) is 48.4 Å². The van der Waals surface area contributed by atoms with Crippen LogP contribution < -0.4 is 0 Å². The lowest BCUT2D eigenvalue weighted by Crippen LogP contribution is -2.54. The number of rotatable bonds is 2. The summed E-state index contributed by atoms with van der Waals surface area (Å²) >= 11 is 0. The number of nitroso groups, excluding NO2 is 1. The van der Waals surface area contributed by atoms with Crippen molar-refractivity contribution in [2.75, 3.05) is 0 Å². The molecule has 0 bridgehead atoms. The minimum absolute atomic E-state index is 0.115. The maximum absolute atomic E-state index is 11.4. The highest BCUT2D eigenvalue weighted by Crippen LogP contribution is 2.80. The summed E-state index contributed by atoms with van der Waals surface area (Å²) in [7, 11) is 0. The number of pyridine rings is 1. The topological polar surface area (TPSA) is 42.3 Å². The van der Waals surface area contributed by atoms with Crippen molar-refractivity contribution in [2.24, 2.45) is 45.1 Å². The fraction of sp³-hybridized carbons (Fsp3) is 0.720. The van der Waals surface area contributed by atoms with Gasteiger partial charge in [-0.05, 0) is 108 Å². The van der Waals surface area contributed by atoms with E-state index in [1.54, 1.807) is 5.57 Å². The van der Waals surface area contributed by atoms with Crippen LogP contribution in [0.3, 0.4) is 0 Å². The van der Waals surface area contributed by atoms with Crippen molar-refractivity contribution < 1.29 is 0 Å². The third-order valence-electron chi connectivity index (χ3n) is 10.6. The Hall–Kier alpha value is -1.51. The molecule has 3 unspecified atom stereocenters. The van der Waals surface area contributed by atoms with Crippen LogP contribution in [0, 0.1) is 44.8 Å². The molecule has 148 valence electrons. The average molecular weight is 377 g/mol. The standard InChI is InChI=1S/C25H32N2O/c1-23-10-8-20-17(19(23)6-5-18(23)16-4-3-13-26-15-16)7-12-25-14-21(25)22(27-28)9-11-24(20,25)2/h3-5,13,15,17,19-22H,6-12,14H2,1-2H3/t17-,19-,20-,21?,22?,23+,24+,25?/m0/s1. The van der Waals surface area contributed by atoms with E-state index in [0.29, 0.717) is 22.2 Å². The molecule has 4 fully saturated rings. The molecule has 0 saturated heterocycles. The average Bonchev–Trinajstić information content (AvgIpc) is 3.35. The highest BCUT2D eigenvalue weighted by Gasteiger charge is 2.74. The Kier molecular flexibility index (Phi) is 3.44. The minimum Gasteiger partial charge on any atom is -0.264 e. The molecule has 0 aliphatic heterocycles. The molecule has 0 radical (unpaired) electrons. The number of allylic oxidation sites excluding steroid dienone is 2. The number of aromatic nitrogens is 1. The van der Waals surface area contributed by atoms with E-state index < -0.39 is 0 Å². The highest BCUT2D eigenvalue weighted by molar-refractivity contribution is 5.72. The van der Waals surface area contributed by atoms with Crippen molar-refractivity contribution in [3.05, 3.63) is 41.1 Å². The molecule has 1 spiro atoms. The second-order valence-corrected chi connectivity index (χ2v) is 11.1. The summed E-state index contributed by atoms with van der Waals surface area (Å²) in [5, 5.41) is 3.53. The zero-order valence-electron chi connectivity index (χ0n) is 17.2. The number of hydrogen-bond donors (Lipinski definition) is 0. The van der Waals surface area contributed by atoms with Gasteiger partial charge in [0.1, 0.15) is 0 Å². The van der Waals surface area contributed by atoms with E-state index in [4.69, 9.17) is 0 Å². The van der Waals surface area contributed by atoms with Gasteiger partial charge >= 0.3 is 0 Å². The molecule has 0 aromatic carbocycles. The van der Waals surface area contributed by atoms with Gasteiger partial charge in [0.05, 0.1) is 6.04 Å². The molecule has 1 aromatic heterocycles. The first-order valence-corrected chi connectivity index (χ1v) is 11.5. The SMILES string of the molecule is C[C@]12CC[C@H]3[C@@H](CCC45CC4C(N=O)CC[C@]35C)[C@@H]1CC=C2c1cccnc1. The molecule has 1 aromatic rings. The Morgan fingerprint density at radius 2 is 1.96 bits per heavy atom. The Bertz CT molecular complexity index is 849.